The van der Waals surface area contributed by atoms with Gasteiger partial charge in [-0.2, -0.15) is 0 Å². The highest BCUT2D eigenvalue weighted by Gasteiger charge is 2.13. The standard InChI is InChI=1S/C16H24O3/c1-2-3-4-8-11-15(19-16(17)18)13-12-14-9-6-5-7-10-14/h5-7,9-10,15H,2-4,8,11-13H2,1H3,(H,17,18). The maximum atomic E-state index is 10.7. The zero-order valence-corrected chi connectivity index (χ0v) is 11.7. The summed E-state index contributed by atoms with van der Waals surface area (Å²) in [6, 6.07) is 10.1. The molecule has 3 nitrogen and oxygen atoms in total. The largest absolute Gasteiger partial charge is 0.506 e. The van der Waals surface area contributed by atoms with Crippen LogP contribution in [0.5, 0.6) is 0 Å². The molecule has 3 heteroatoms. The van der Waals surface area contributed by atoms with E-state index >= 15 is 0 Å². The first-order valence-corrected chi connectivity index (χ1v) is 7.16. The molecule has 1 rings (SSSR count). The lowest BCUT2D eigenvalue weighted by Crippen LogP contribution is -2.17. The average molecular weight is 264 g/mol. The molecule has 1 atom stereocenters. The number of carbonyl (C=O) groups is 1. The predicted molar refractivity (Wildman–Crippen MR) is 76.4 cm³/mol. The van der Waals surface area contributed by atoms with Crippen molar-refractivity contribution in [1.82, 2.24) is 0 Å². The summed E-state index contributed by atoms with van der Waals surface area (Å²) in [7, 11) is 0. The van der Waals surface area contributed by atoms with Crippen LogP contribution in [0.2, 0.25) is 0 Å². The number of benzene rings is 1. The number of aryl methyl sites for hydroxylation is 1. The van der Waals surface area contributed by atoms with Crippen molar-refractivity contribution in [3.8, 4) is 0 Å². The number of hydrogen-bond acceptors (Lipinski definition) is 2. The van der Waals surface area contributed by atoms with Crippen LogP contribution in [0.3, 0.4) is 0 Å². The minimum absolute atomic E-state index is 0.172. The van der Waals surface area contributed by atoms with E-state index in [9.17, 15) is 4.79 Å². The summed E-state index contributed by atoms with van der Waals surface area (Å²) in [6.45, 7) is 2.17. The number of hydrogen-bond donors (Lipinski definition) is 1. The molecule has 0 heterocycles. The van der Waals surface area contributed by atoms with Gasteiger partial charge >= 0.3 is 6.16 Å². The molecule has 0 aliphatic heterocycles. The molecular weight excluding hydrogens is 240 g/mol. The molecule has 0 aromatic heterocycles. The second kappa shape index (κ2) is 9.42. The monoisotopic (exact) mass is 264 g/mol. The summed E-state index contributed by atoms with van der Waals surface area (Å²) in [5.74, 6) is 0. The Morgan fingerprint density at radius 1 is 1.16 bits per heavy atom. The second-order valence-electron chi connectivity index (χ2n) is 4.88. The summed E-state index contributed by atoms with van der Waals surface area (Å²) in [6.07, 6.45) is 5.73. The van der Waals surface area contributed by atoms with Crippen LogP contribution in [0.1, 0.15) is 51.0 Å². The third-order valence-corrected chi connectivity index (χ3v) is 3.24. The third kappa shape index (κ3) is 7.50. The molecule has 1 unspecified atom stereocenters. The highest BCUT2D eigenvalue weighted by Crippen LogP contribution is 2.14. The van der Waals surface area contributed by atoms with Crippen LogP contribution in [-0.2, 0) is 11.2 Å². The molecule has 0 aliphatic carbocycles. The van der Waals surface area contributed by atoms with Gasteiger partial charge in [0.25, 0.3) is 0 Å². The molecule has 1 aromatic carbocycles. The van der Waals surface area contributed by atoms with E-state index in [0.717, 1.165) is 32.1 Å². The Bertz CT molecular complexity index is 348. The quantitative estimate of drug-likeness (QED) is 0.521. The molecule has 1 aromatic rings. The van der Waals surface area contributed by atoms with Crippen LogP contribution in [0.25, 0.3) is 0 Å². The minimum atomic E-state index is -1.16. The molecular formula is C16H24O3. The fourth-order valence-corrected chi connectivity index (χ4v) is 2.18. The zero-order chi connectivity index (χ0) is 13.9. The maximum absolute atomic E-state index is 10.7. The lowest BCUT2D eigenvalue weighted by molar-refractivity contribution is 0.0435. The molecule has 0 spiro atoms. The Balaban J connectivity index is 2.34. The van der Waals surface area contributed by atoms with E-state index in [-0.39, 0.29) is 6.10 Å². The number of rotatable bonds is 9. The molecule has 19 heavy (non-hydrogen) atoms. The lowest BCUT2D eigenvalue weighted by Gasteiger charge is -2.15. The first kappa shape index (κ1) is 15.5. The van der Waals surface area contributed by atoms with Crippen molar-refractivity contribution in [3.05, 3.63) is 35.9 Å². The highest BCUT2D eigenvalue weighted by atomic mass is 16.7. The molecule has 106 valence electrons. The smallest absolute Gasteiger partial charge is 0.450 e. The Labute approximate surface area is 115 Å². The maximum Gasteiger partial charge on any atom is 0.506 e. The van der Waals surface area contributed by atoms with Gasteiger partial charge in [0.2, 0.25) is 0 Å². The second-order valence-corrected chi connectivity index (χ2v) is 4.88. The van der Waals surface area contributed by atoms with Crippen molar-refractivity contribution in [1.29, 1.82) is 0 Å². The Morgan fingerprint density at radius 2 is 1.89 bits per heavy atom. The van der Waals surface area contributed by atoms with Gasteiger partial charge in [0.05, 0.1) is 0 Å². The van der Waals surface area contributed by atoms with Crippen LogP contribution < -0.4 is 0 Å². The Kier molecular flexibility index (Phi) is 7.71. The van der Waals surface area contributed by atoms with Gasteiger partial charge in [-0.1, -0.05) is 56.5 Å². The van der Waals surface area contributed by atoms with Gasteiger partial charge in [-0.3, -0.25) is 0 Å². The molecule has 0 saturated heterocycles. The fraction of sp³-hybridized carbons (Fsp3) is 0.562. The van der Waals surface area contributed by atoms with Crippen molar-refractivity contribution in [3.63, 3.8) is 0 Å². The van der Waals surface area contributed by atoms with E-state index in [1.54, 1.807) is 0 Å². The summed E-state index contributed by atoms with van der Waals surface area (Å²) < 4.78 is 4.97. The van der Waals surface area contributed by atoms with E-state index in [1.165, 1.54) is 18.4 Å². The molecule has 0 saturated carbocycles. The lowest BCUT2D eigenvalue weighted by atomic mass is 10.0. The SMILES string of the molecule is CCCCCCC(CCc1ccccc1)OC(=O)O. The van der Waals surface area contributed by atoms with Crippen molar-refractivity contribution in [2.75, 3.05) is 0 Å². The van der Waals surface area contributed by atoms with Gasteiger partial charge < -0.3 is 9.84 Å². The van der Waals surface area contributed by atoms with E-state index in [0.29, 0.717) is 0 Å². The first-order valence-electron chi connectivity index (χ1n) is 7.16. The minimum Gasteiger partial charge on any atom is -0.450 e. The summed E-state index contributed by atoms with van der Waals surface area (Å²) in [4.78, 5) is 10.7. The van der Waals surface area contributed by atoms with Gasteiger partial charge in [0.15, 0.2) is 0 Å². The molecule has 0 bridgehead atoms. The number of ether oxygens (including phenoxy) is 1. The molecule has 0 radical (unpaired) electrons. The van der Waals surface area contributed by atoms with Crippen molar-refractivity contribution in [2.24, 2.45) is 0 Å². The molecule has 0 amide bonds. The number of carboxylic acid groups (broad SMARTS) is 1. The van der Waals surface area contributed by atoms with Crippen LogP contribution in [0, 0.1) is 0 Å². The normalized spacial score (nSPS) is 12.1. The summed E-state index contributed by atoms with van der Waals surface area (Å²) in [5, 5.41) is 8.76. The van der Waals surface area contributed by atoms with E-state index in [1.807, 2.05) is 18.2 Å². The average Bonchev–Trinajstić information content (AvgIpc) is 2.41. The van der Waals surface area contributed by atoms with Crippen molar-refractivity contribution in [2.45, 2.75) is 58.0 Å². The highest BCUT2D eigenvalue weighted by molar-refractivity contribution is 5.57. The fourth-order valence-electron chi connectivity index (χ4n) is 2.18. The zero-order valence-electron chi connectivity index (χ0n) is 11.7. The third-order valence-electron chi connectivity index (χ3n) is 3.24. The van der Waals surface area contributed by atoms with Crippen molar-refractivity contribution >= 4 is 6.16 Å². The summed E-state index contributed by atoms with van der Waals surface area (Å²) in [5.41, 5.74) is 1.23. The van der Waals surface area contributed by atoms with Gasteiger partial charge in [-0.05, 0) is 31.2 Å². The first-order chi connectivity index (χ1) is 9.22. The van der Waals surface area contributed by atoms with Crippen LogP contribution in [0.4, 0.5) is 4.79 Å². The van der Waals surface area contributed by atoms with Gasteiger partial charge in [-0.25, -0.2) is 4.79 Å². The topological polar surface area (TPSA) is 46.5 Å². The summed E-state index contributed by atoms with van der Waals surface area (Å²) >= 11 is 0. The van der Waals surface area contributed by atoms with Crippen LogP contribution >= 0.6 is 0 Å². The van der Waals surface area contributed by atoms with E-state index in [2.05, 4.69) is 19.1 Å². The van der Waals surface area contributed by atoms with Crippen LogP contribution in [-0.4, -0.2) is 17.4 Å². The Morgan fingerprint density at radius 3 is 2.53 bits per heavy atom. The van der Waals surface area contributed by atoms with Gasteiger partial charge in [0, 0.05) is 0 Å². The molecule has 1 N–H and O–H groups in total. The van der Waals surface area contributed by atoms with Gasteiger partial charge in [-0.15, -0.1) is 0 Å². The number of unbranched alkanes of at least 4 members (excludes halogenated alkanes) is 3. The van der Waals surface area contributed by atoms with E-state index < -0.39 is 6.16 Å². The van der Waals surface area contributed by atoms with E-state index in [4.69, 9.17) is 9.84 Å². The molecule has 0 aliphatic rings. The van der Waals surface area contributed by atoms with Crippen molar-refractivity contribution < 1.29 is 14.6 Å². The Hall–Kier alpha value is -1.51. The van der Waals surface area contributed by atoms with Gasteiger partial charge in [0.1, 0.15) is 6.10 Å². The predicted octanol–water partition coefficient (Wildman–Crippen LogP) is 4.65. The molecule has 0 fully saturated rings. The van der Waals surface area contributed by atoms with Crippen LogP contribution in [0.15, 0.2) is 30.3 Å².